The Hall–Kier alpha value is -1.35. The van der Waals surface area contributed by atoms with E-state index < -0.39 is 0 Å². The monoisotopic (exact) mass is 233 g/mol. The lowest BCUT2D eigenvalue weighted by atomic mass is 10.0. The van der Waals surface area contributed by atoms with Crippen LogP contribution in [0.1, 0.15) is 43.0 Å². The molecule has 0 radical (unpaired) electrons. The molecule has 1 aliphatic carbocycles. The molecule has 1 aromatic carbocycles. The highest BCUT2D eigenvalue weighted by Crippen LogP contribution is 2.27. The van der Waals surface area contributed by atoms with Gasteiger partial charge in [0, 0.05) is 18.0 Å². The maximum absolute atomic E-state index is 11.9. The summed E-state index contributed by atoms with van der Waals surface area (Å²) in [5.41, 5.74) is 6.37. The molecule has 0 bridgehead atoms. The Kier molecular flexibility index (Phi) is 3.79. The second kappa shape index (κ2) is 5.32. The second-order valence-electron chi connectivity index (χ2n) is 4.78. The molecular weight excluding hydrogens is 214 g/mol. The smallest absolute Gasteiger partial charge is 0.163 e. The number of hydrogen-bond donors (Lipinski definition) is 1. The van der Waals surface area contributed by atoms with Crippen LogP contribution in [0.4, 0.5) is 0 Å². The van der Waals surface area contributed by atoms with Gasteiger partial charge in [0.1, 0.15) is 5.75 Å². The molecule has 0 aromatic heterocycles. The van der Waals surface area contributed by atoms with Crippen LogP contribution in [0.3, 0.4) is 0 Å². The van der Waals surface area contributed by atoms with Crippen molar-refractivity contribution in [3.8, 4) is 5.75 Å². The molecule has 3 nitrogen and oxygen atoms in total. The van der Waals surface area contributed by atoms with Crippen molar-refractivity contribution in [2.45, 2.75) is 44.8 Å². The third-order valence-electron chi connectivity index (χ3n) is 2.81. The zero-order chi connectivity index (χ0) is 12.3. The Bertz CT molecular complexity index is 397. The maximum atomic E-state index is 11.9. The molecule has 0 heterocycles. The molecule has 92 valence electrons. The first-order valence-corrected chi connectivity index (χ1v) is 6.20. The zero-order valence-electron chi connectivity index (χ0n) is 10.2. The minimum absolute atomic E-state index is 0.0739. The van der Waals surface area contributed by atoms with Crippen LogP contribution in [-0.2, 0) is 0 Å². The van der Waals surface area contributed by atoms with E-state index >= 15 is 0 Å². The molecule has 1 unspecified atom stereocenters. The fourth-order valence-electron chi connectivity index (χ4n) is 1.62. The highest BCUT2D eigenvalue weighted by atomic mass is 16.5. The average molecular weight is 233 g/mol. The summed E-state index contributed by atoms with van der Waals surface area (Å²) in [7, 11) is 0. The first-order chi connectivity index (χ1) is 8.15. The third kappa shape index (κ3) is 3.86. The number of ketones is 1. The summed E-state index contributed by atoms with van der Waals surface area (Å²) in [5, 5.41) is 0. The molecule has 3 heteroatoms. The first kappa shape index (κ1) is 12.1. The van der Waals surface area contributed by atoms with E-state index in [1.165, 1.54) is 0 Å². The second-order valence-corrected chi connectivity index (χ2v) is 4.78. The van der Waals surface area contributed by atoms with E-state index in [1.807, 2.05) is 31.2 Å². The summed E-state index contributed by atoms with van der Waals surface area (Å²) >= 11 is 0. The molecule has 0 amide bonds. The van der Waals surface area contributed by atoms with Crippen LogP contribution in [0.2, 0.25) is 0 Å². The van der Waals surface area contributed by atoms with Crippen molar-refractivity contribution in [1.82, 2.24) is 0 Å². The fourth-order valence-corrected chi connectivity index (χ4v) is 1.62. The highest BCUT2D eigenvalue weighted by Gasteiger charge is 2.23. The van der Waals surface area contributed by atoms with Crippen LogP contribution >= 0.6 is 0 Å². The highest BCUT2D eigenvalue weighted by molar-refractivity contribution is 5.96. The average Bonchev–Trinajstić information content (AvgIpc) is 3.10. The molecule has 1 atom stereocenters. The minimum Gasteiger partial charge on any atom is -0.490 e. The number of Topliss-reactive ketones (excluding diaryl/α,β-unsaturated/α-hetero) is 1. The van der Waals surface area contributed by atoms with E-state index in [-0.39, 0.29) is 11.8 Å². The van der Waals surface area contributed by atoms with Crippen molar-refractivity contribution >= 4 is 5.78 Å². The largest absolute Gasteiger partial charge is 0.490 e. The van der Waals surface area contributed by atoms with Crippen LogP contribution in [-0.4, -0.2) is 17.9 Å². The van der Waals surface area contributed by atoms with Gasteiger partial charge in [0.05, 0.1) is 6.10 Å². The number of hydrogen-bond acceptors (Lipinski definition) is 3. The third-order valence-corrected chi connectivity index (χ3v) is 2.81. The van der Waals surface area contributed by atoms with E-state index in [2.05, 4.69) is 0 Å². The molecule has 1 aliphatic rings. The van der Waals surface area contributed by atoms with E-state index in [4.69, 9.17) is 10.5 Å². The van der Waals surface area contributed by atoms with Gasteiger partial charge in [-0.2, -0.15) is 0 Å². The van der Waals surface area contributed by atoms with Gasteiger partial charge in [0.15, 0.2) is 5.78 Å². The van der Waals surface area contributed by atoms with Crippen LogP contribution in [0.25, 0.3) is 0 Å². The van der Waals surface area contributed by atoms with Gasteiger partial charge in [0.25, 0.3) is 0 Å². The van der Waals surface area contributed by atoms with Gasteiger partial charge in [-0.1, -0.05) is 12.1 Å². The SMILES string of the molecule is CC(N)CCC(=O)c1cccc(OC2CC2)c1. The summed E-state index contributed by atoms with van der Waals surface area (Å²) < 4.78 is 5.66. The van der Waals surface area contributed by atoms with E-state index in [1.54, 1.807) is 0 Å². The van der Waals surface area contributed by atoms with Crippen molar-refractivity contribution in [3.63, 3.8) is 0 Å². The first-order valence-electron chi connectivity index (χ1n) is 6.20. The molecule has 2 N–H and O–H groups in total. The van der Waals surface area contributed by atoms with Crippen molar-refractivity contribution in [1.29, 1.82) is 0 Å². The van der Waals surface area contributed by atoms with E-state index in [9.17, 15) is 4.79 Å². The predicted molar refractivity (Wildman–Crippen MR) is 67.3 cm³/mol. The number of ether oxygens (including phenoxy) is 1. The normalized spacial score (nSPS) is 16.6. The summed E-state index contributed by atoms with van der Waals surface area (Å²) in [6.07, 6.45) is 3.85. The summed E-state index contributed by atoms with van der Waals surface area (Å²) in [6.45, 7) is 1.92. The number of carbonyl (C=O) groups is 1. The molecule has 1 saturated carbocycles. The van der Waals surface area contributed by atoms with Gasteiger partial charge in [-0.15, -0.1) is 0 Å². The lowest BCUT2D eigenvalue weighted by molar-refractivity contribution is 0.0977. The Morgan fingerprint density at radius 2 is 2.29 bits per heavy atom. The molecule has 0 aliphatic heterocycles. The molecule has 0 spiro atoms. The van der Waals surface area contributed by atoms with Gasteiger partial charge >= 0.3 is 0 Å². The Morgan fingerprint density at radius 3 is 2.94 bits per heavy atom. The van der Waals surface area contributed by atoms with Crippen molar-refractivity contribution < 1.29 is 9.53 Å². The zero-order valence-corrected chi connectivity index (χ0v) is 10.2. The molecule has 0 saturated heterocycles. The quantitative estimate of drug-likeness (QED) is 0.768. The molecule has 2 rings (SSSR count). The summed E-state index contributed by atoms with van der Waals surface area (Å²) in [5.74, 6) is 0.947. The molecule has 17 heavy (non-hydrogen) atoms. The summed E-state index contributed by atoms with van der Waals surface area (Å²) in [4.78, 5) is 11.9. The summed E-state index contributed by atoms with van der Waals surface area (Å²) in [6, 6.07) is 7.52. The predicted octanol–water partition coefficient (Wildman–Crippen LogP) is 2.54. The van der Waals surface area contributed by atoms with E-state index in [0.717, 1.165) is 30.6 Å². The Morgan fingerprint density at radius 1 is 1.53 bits per heavy atom. The van der Waals surface area contributed by atoms with Crippen molar-refractivity contribution in [2.75, 3.05) is 0 Å². The maximum Gasteiger partial charge on any atom is 0.163 e. The van der Waals surface area contributed by atoms with Gasteiger partial charge < -0.3 is 10.5 Å². The van der Waals surface area contributed by atoms with Gasteiger partial charge in [-0.25, -0.2) is 0 Å². The fraction of sp³-hybridized carbons (Fsp3) is 0.500. The van der Waals surface area contributed by atoms with Crippen LogP contribution in [0, 0.1) is 0 Å². The lowest BCUT2D eigenvalue weighted by Gasteiger charge is -2.07. The van der Waals surface area contributed by atoms with Gasteiger partial charge in [-0.3, -0.25) is 4.79 Å². The topological polar surface area (TPSA) is 52.3 Å². The van der Waals surface area contributed by atoms with Gasteiger partial charge in [-0.05, 0) is 38.3 Å². The molecular formula is C14H19NO2. The lowest BCUT2D eigenvalue weighted by Crippen LogP contribution is -2.16. The molecule has 1 fully saturated rings. The number of carbonyl (C=O) groups excluding carboxylic acids is 1. The van der Waals surface area contributed by atoms with Crippen molar-refractivity contribution in [3.05, 3.63) is 29.8 Å². The molecule has 1 aromatic rings. The van der Waals surface area contributed by atoms with E-state index in [0.29, 0.717) is 12.5 Å². The van der Waals surface area contributed by atoms with Crippen LogP contribution < -0.4 is 10.5 Å². The minimum atomic E-state index is 0.0739. The Balaban J connectivity index is 1.96. The number of nitrogens with two attached hydrogens (primary N) is 1. The van der Waals surface area contributed by atoms with Crippen molar-refractivity contribution in [2.24, 2.45) is 5.73 Å². The number of benzene rings is 1. The van der Waals surface area contributed by atoms with Gasteiger partial charge in [0.2, 0.25) is 0 Å². The Labute approximate surface area is 102 Å². The van der Waals surface area contributed by atoms with Crippen LogP contribution in [0.5, 0.6) is 5.75 Å². The van der Waals surface area contributed by atoms with Crippen LogP contribution in [0.15, 0.2) is 24.3 Å². The standard InChI is InChI=1S/C14H19NO2/c1-10(15)5-8-14(16)11-3-2-4-13(9-11)17-12-6-7-12/h2-4,9-10,12H,5-8,15H2,1H3. The number of rotatable bonds is 6.